The highest BCUT2D eigenvalue weighted by molar-refractivity contribution is 5.96. The van der Waals surface area contributed by atoms with E-state index in [2.05, 4.69) is 15.8 Å². The lowest BCUT2D eigenvalue weighted by atomic mass is 10.0. The first-order valence-corrected chi connectivity index (χ1v) is 8.50. The van der Waals surface area contributed by atoms with Crippen molar-refractivity contribution in [2.24, 2.45) is 0 Å². The van der Waals surface area contributed by atoms with Crippen LogP contribution in [0.4, 0.5) is 11.5 Å². The smallest absolute Gasteiger partial charge is 0.252 e. The summed E-state index contributed by atoms with van der Waals surface area (Å²) in [5.74, 6) is 1.75. The van der Waals surface area contributed by atoms with Crippen molar-refractivity contribution in [1.82, 2.24) is 5.16 Å². The molecule has 0 radical (unpaired) electrons. The molecule has 0 aliphatic carbocycles. The molecule has 0 saturated carbocycles. The van der Waals surface area contributed by atoms with E-state index in [0.717, 1.165) is 29.0 Å². The molecule has 4 rings (SSSR count). The molecule has 2 N–H and O–H groups in total. The van der Waals surface area contributed by atoms with Gasteiger partial charge in [0.05, 0.1) is 6.61 Å². The highest BCUT2D eigenvalue weighted by atomic mass is 16.5. The monoisotopic (exact) mass is 349 g/mol. The molecule has 0 spiro atoms. The van der Waals surface area contributed by atoms with Gasteiger partial charge >= 0.3 is 0 Å². The number of benzene rings is 2. The molecule has 132 valence electrons. The van der Waals surface area contributed by atoms with Crippen LogP contribution in [0.15, 0.2) is 59.1 Å². The molecular weight excluding hydrogens is 330 g/mol. The SMILES string of the molecule is Cc1cc(NC(=O)C(Nc2ccc3c(c2)CCO3)c2ccccc2)no1. The summed E-state index contributed by atoms with van der Waals surface area (Å²) in [7, 11) is 0. The third-order valence-electron chi connectivity index (χ3n) is 4.27. The lowest BCUT2D eigenvalue weighted by Gasteiger charge is -2.19. The predicted octanol–water partition coefficient (Wildman–Crippen LogP) is 3.71. The summed E-state index contributed by atoms with van der Waals surface area (Å²) in [6.07, 6.45) is 0.880. The number of nitrogens with zero attached hydrogens (tertiary/aromatic N) is 1. The summed E-state index contributed by atoms with van der Waals surface area (Å²) in [5, 5.41) is 9.96. The number of nitrogens with one attached hydrogen (secondary N) is 2. The Morgan fingerprint density at radius 3 is 2.77 bits per heavy atom. The highest BCUT2D eigenvalue weighted by Crippen LogP contribution is 2.30. The number of hydrogen-bond donors (Lipinski definition) is 2. The molecule has 1 atom stereocenters. The minimum Gasteiger partial charge on any atom is -0.493 e. The van der Waals surface area contributed by atoms with Crippen molar-refractivity contribution in [1.29, 1.82) is 0 Å². The zero-order valence-electron chi connectivity index (χ0n) is 14.4. The molecule has 1 amide bonds. The van der Waals surface area contributed by atoms with E-state index in [9.17, 15) is 4.79 Å². The molecule has 1 aromatic heterocycles. The largest absolute Gasteiger partial charge is 0.493 e. The Kier molecular flexibility index (Phi) is 4.31. The predicted molar refractivity (Wildman–Crippen MR) is 98.3 cm³/mol. The van der Waals surface area contributed by atoms with Crippen LogP contribution in [0, 0.1) is 6.92 Å². The number of ether oxygens (including phenoxy) is 1. The van der Waals surface area contributed by atoms with E-state index < -0.39 is 6.04 Å². The number of carbonyl (C=O) groups excluding carboxylic acids is 1. The lowest BCUT2D eigenvalue weighted by molar-refractivity contribution is -0.117. The van der Waals surface area contributed by atoms with Gasteiger partial charge in [0, 0.05) is 18.2 Å². The number of aryl methyl sites for hydroxylation is 1. The van der Waals surface area contributed by atoms with E-state index in [1.54, 1.807) is 13.0 Å². The fourth-order valence-corrected chi connectivity index (χ4v) is 3.01. The van der Waals surface area contributed by atoms with Gasteiger partial charge in [-0.3, -0.25) is 4.79 Å². The Morgan fingerprint density at radius 1 is 1.15 bits per heavy atom. The average Bonchev–Trinajstić information content (AvgIpc) is 3.28. The number of hydrogen-bond acceptors (Lipinski definition) is 5. The molecule has 6 nitrogen and oxygen atoms in total. The van der Waals surface area contributed by atoms with Gasteiger partial charge in [-0.1, -0.05) is 35.5 Å². The van der Waals surface area contributed by atoms with Gasteiger partial charge in [0.15, 0.2) is 5.82 Å². The van der Waals surface area contributed by atoms with Crippen molar-refractivity contribution in [3.8, 4) is 5.75 Å². The van der Waals surface area contributed by atoms with Crippen molar-refractivity contribution in [2.75, 3.05) is 17.2 Å². The van der Waals surface area contributed by atoms with Crippen molar-refractivity contribution in [2.45, 2.75) is 19.4 Å². The van der Waals surface area contributed by atoms with Crippen LogP contribution in [0.2, 0.25) is 0 Å². The van der Waals surface area contributed by atoms with E-state index in [1.807, 2.05) is 48.5 Å². The molecule has 2 heterocycles. The summed E-state index contributed by atoms with van der Waals surface area (Å²) < 4.78 is 10.6. The summed E-state index contributed by atoms with van der Waals surface area (Å²) in [6.45, 7) is 2.48. The fraction of sp³-hybridized carbons (Fsp3) is 0.200. The summed E-state index contributed by atoms with van der Waals surface area (Å²) >= 11 is 0. The van der Waals surface area contributed by atoms with Gasteiger partial charge in [-0.2, -0.15) is 0 Å². The molecule has 1 unspecified atom stereocenters. The molecule has 2 aromatic carbocycles. The van der Waals surface area contributed by atoms with Crippen molar-refractivity contribution in [3.63, 3.8) is 0 Å². The first-order chi connectivity index (χ1) is 12.7. The maximum absolute atomic E-state index is 12.9. The van der Waals surface area contributed by atoms with E-state index >= 15 is 0 Å². The summed E-state index contributed by atoms with van der Waals surface area (Å²) in [6, 6.07) is 16.6. The second-order valence-electron chi connectivity index (χ2n) is 6.22. The van der Waals surface area contributed by atoms with Crippen LogP contribution in [0.1, 0.15) is 22.9 Å². The standard InChI is InChI=1S/C20H19N3O3/c1-13-11-18(23-26-13)22-20(24)19(14-5-3-2-4-6-14)21-16-7-8-17-15(12-16)9-10-25-17/h2-8,11-12,19,21H,9-10H2,1H3,(H,22,23,24). The molecule has 0 fully saturated rings. The number of amides is 1. The van der Waals surface area contributed by atoms with E-state index in [-0.39, 0.29) is 5.91 Å². The lowest BCUT2D eigenvalue weighted by Crippen LogP contribution is -2.27. The van der Waals surface area contributed by atoms with Gasteiger partial charge < -0.3 is 19.9 Å². The number of fused-ring (bicyclic) bond motifs is 1. The zero-order valence-corrected chi connectivity index (χ0v) is 14.4. The van der Waals surface area contributed by atoms with Crippen LogP contribution in [0.3, 0.4) is 0 Å². The van der Waals surface area contributed by atoms with Crippen molar-refractivity contribution >= 4 is 17.4 Å². The van der Waals surface area contributed by atoms with Gasteiger partial charge in [-0.05, 0) is 36.2 Å². The summed E-state index contributed by atoms with van der Waals surface area (Å²) in [5.41, 5.74) is 2.88. The Balaban J connectivity index is 1.59. The molecule has 1 aliphatic rings. The summed E-state index contributed by atoms with van der Waals surface area (Å²) in [4.78, 5) is 12.9. The first-order valence-electron chi connectivity index (χ1n) is 8.50. The topological polar surface area (TPSA) is 76.4 Å². The maximum atomic E-state index is 12.9. The van der Waals surface area contributed by atoms with Crippen LogP contribution in [0.25, 0.3) is 0 Å². The normalized spacial score (nSPS) is 13.6. The second kappa shape index (κ2) is 6.92. The average molecular weight is 349 g/mol. The molecule has 1 aliphatic heterocycles. The van der Waals surface area contributed by atoms with Crippen molar-refractivity contribution < 1.29 is 14.1 Å². The van der Waals surface area contributed by atoms with Gasteiger partial charge in [-0.25, -0.2) is 0 Å². The second-order valence-corrected chi connectivity index (χ2v) is 6.22. The van der Waals surface area contributed by atoms with Gasteiger partial charge in [0.25, 0.3) is 5.91 Å². The van der Waals surface area contributed by atoms with Gasteiger partial charge in [0.1, 0.15) is 17.6 Å². The molecular formula is C20H19N3O3. The fourth-order valence-electron chi connectivity index (χ4n) is 3.01. The maximum Gasteiger partial charge on any atom is 0.252 e. The molecule has 0 saturated heterocycles. The quantitative estimate of drug-likeness (QED) is 0.734. The molecule has 26 heavy (non-hydrogen) atoms. The third-order valence-corrected chi connectivity index (χ3v) is 4.27. The van der Waals surface area contributed by atoms with E-state index in [4.69, 9.17) is 9.26 Å². The number of rotatable bonds is 5. The third kappa shape index (κ3) is 3.39. The van der Waals surface area contributed by atoms with Gasteiger partial charge in [0.2, 0.25) is 0 Å². The highest BCUT2D eigenvalue weighted by Gasteiger charge is 2.22. The first kappa shape index (κ1) is 16.2. The Bertz CT molecular complexity index is 921. The minimum atomic E-state index is -0.562. The zero-order chi connectivity index (χ0) is 17.9. The Labute approximate surface area is 151 Å². The van der Waals surface area contributed by atoms with Crippen LogP contribution in [-0.2, 0) is 11.2 Å². The Morgan fingerprint density at radius 2 is 2.00 bits per heavy atom. The molecule has 6 heteroatoms. The number of aromatic nitrogens is 1. The Hall–Kier alpha value is -3.28. The van der Waals surface area contributed by atoms with E-state index in [1.165, 1.54) is 0 Å². The van der Waals surface area contributed by atoms with Crippen molar-refractivity contribution in [3.05, 3.63) is 71.5 Å². The number of carbonyl (C=O) groups is 1. The van der Waals surface area contributed by atoms with Crippen LogP contribution >= 0.6 is 0 Å². The molecule has 0 bridgehead atoms. The minimum absolute atomic E-state index is 0.207. The van der Waals surface area contributed by atoms with E-state index in [0.29, 0.717) is 18.2 Å². The van der Waals surface area contributed by atoms with Crippen LogP contribution in [-0.4, -0.2) is 17.7 Å². The molecule has 3 aromatic rings. The van der Waals surface area contributed by atoms with Crippen LogP contribution in [0.5, 0.6) is 5.75 Å². The number of anilines is 2. The van der Waals surface area contributed by atoms with Crippen LogP contribution < -0.4 is 15.4 Å². The van der Waals surface area contributed by atoms with Gasteiger partial charge in [-0.15, -0.1) is 0 Å².